The molecule has 3 N–H and O–H groups in total. The first kappa shape index (κ1) is 12.2. The molecule has 0 atom stereocenters. The molecule has 17 heavy (non-hydrogen) atoms. The van der Waals surface area contributed by atoms with Crippen LogP contribution in [0.5, 0.6) is 0 Å². The number of hydrogen-bond acceptors (Lipinski definition) is 4. The van der Waals surface area contributed by atoms with Gasteiger partial charge in [-0.2, -0.15) is 0 Å². The molecule has 2 aromatic carbocycles. The Hall–Kier alpha value is -1.26. The molecule has 0 aromatic heterocycles. The summed E-state index contributed by atoms with van der Waals surface area (Å²) in [6.45, 7) is 0. The highest BCUT2D eigenvalue weighted by atomic mass is 32.2. The van der Waals surface area contributed by atoms with E-state index in [-0.39, 0.29) is 0 Å². The lowest BCUT2D eigenvalue weighted by molar-refractivity contribution is 1.39. The fraction of sp³-hybridized carbons (Fsp3) is 0.0769. The smallest absolute Gasteiger partial charge is 0.0657 e. The molecule has 4 heteroatoms. The summed E-state index contributed by atoms with van der Waals surface area (Å²) in [7, 11) is 0. The van der Waals surface area contributed by atoms with Crippen LogP contribution in [-0.4, -0.2) is 5.88 Å². The predicted molar refractivity (Wildman–Crippen MR) is 78.9 cm³/mol. The Bertz CT molecular complexity index is 420. The summed E-state index contributed by atoms with van der Waals surface area (Å²) in [5.41, 5.74) is 7.53. The van der Waals surface area contributed by atoms with Crippen molar-refractivity contribution in [2.24, 2.45) is 0 Å². The van der Waals surface area contributed by atoms with Crippen molar-refractivity contribution >= 4 is 35.8 Å². The summed E-state index contributed by atoms with van der Waals surface area (Å²) in [5.74, 6) is 0.829. The predicted octanol–water partition coefficient (Wildman–Crippen LogP) is 3.72. The molecule has 88 valence electrons. The number of benzene rings is 2. The van der Waals surface area contributed by atoms with Crippen LogP contribution in [0.15, 0.2) is 58.3 Å². The van der Waals surface area contributed by atoms with E-state index in [9.17, 15) is 0 Å². The van der Waals surface area contributed by atoms with E-state index in [4.69, 9.17) is 5.73 Å². The molecular weight excluding hydrogens is 248 g/mol. The van der Waals surface area contributed by atoms with E-state index in [1.165, 1.54) is 4.90 Å². The van der Waals surface area contributed by atoms with Gasteiger partial charge in [-0.3, -0.25) is 0 Å². The first-order valence-corrected chi connectivity index (χ1v) is 6.68. The number of thiol groups is 1. The molecule has 0 unspecified atom stereocenters. The summed E-state index contributed by atoms with van der Waals surface area (Å²) >= 11 is 5.99. The second-order valence-corrected chi connectivity index (χ2v) is 5.15. The SMILES string of the molecule is Nc1ccc(SCNc2ccc(S)cc2)cc1. The maximum absolute atomic E-state index is 5.63. The van der Waals surface area contributed by atoms with Gasteiger partial charge in [0, 0.05) is 21.2 Å². The highest BCUT2D eigenvalue weighted by Crippen LogP contribution is 2.20. The van der Waals surface area contributed by atoms with Gasteiger partial charge >= 0.3 is 0 Å². The van der Waals surface area contributed by atoms with Crippen LogP contribution in [0, 0.1) is 0 Å². The van der Waals surface area contributed by atoms with Gasteiger partial charge in [0.05, 0.1) is 5.88 Å². The van der Waals surface area contributed by atoms with E-state index in [1.807, 2.05) is 48.5 Å². The number of nitrogen functional groups attached to an aromatic ring is 1. The Morgan fingerprint density at radius 2 is 1.65 bits per heavy atom. The topological polar surface area (TPSA) is 38.0 Å². The monoisotopic (exact) mass is 262 g/mol. The number of thioether (sulfide) groups is 1. The number of hydrogen-bond donors (Lipinski definition) is 3. The lowest BCUT2D eigenvalue weighted by atomic mass is 10.3. The fourth-order valence-corrected chi connectivity index (χ4v) is 2.23. The summed E-state index contributed by atoms with van der Waals surface area (Å²) < 4.78 is 0. The highest BCUT2D eigenvalue weighted by Gasteiger charge is 1.94. The zero-order valence-corrected chi connectivity index (χ0v) is 11.0. The molecule has 2 nitrogen and oxygen atoms in total. The second kappa shape index (κ2) is 5.89. The van der Waals surface area contributed by atoms with Crippen molar-refractivity contribution in [3.63, 3.8) is 0 Å². The van der Waals surface area contributed by atoms with Crippen molar-refractivity contribution in [1.82, 2.24) is 0 Å². The average Bonchev–Trinajstić information content (AvgIpc) is 2.34. The van der Waals surface area contributed by atoms with Gasteiger partial charge in [-0.05, 0) is 48.5 Å². The molecule has 0 aliphatic heterocycles. The Morgan fingerprint density at radius 3 is 2.29 bits per heavy atom. The minimum absolute atomic E-state index is 0.798. The highest BCUT2D eigenvalue weighted by molar-refractivity contribution is 7.99. The molecule has 2 aromatic rings. The number of rotatable bonds is 4. The van der Waals surface area contributed by atoms with Crippen molar-refractivity contribution < 1.29 is 0 Å². The molecule has 0 heterocycles. The summed E-state index contributed by atoms with van der Waals surface area (Å²) in [4.78, 5) is 2.18. The number of nitrogens with one attached hydrogen (secondary N) is 1. The average molecular weight is 262 g/mol. The molecule has 0 amide bonds. The molecule has 0 aliphatic rings. The summed E-state index contributed by atoms with van der Waals surface area (Å²) in [5, 5.41) is 3.33. The van der Waals surface area contributed by atoms with Gasteiger partial charge in [0.1, 0.15) is 0 Å². The molecule has 0 bridgehead atoms. The first-order valence-electron chi connectivity index (χ1n) is 5.25. The van der Waals surface area contributed by atoms with Crippen LogP contribution in [0.1, 0.15) is 0 Å². The molecule has 0 saturated heterocycles. The maximum atomic E-state index is 5.63. The van der Waals surface area contributed by atoms with Crippen molar-refractivity contribution in [2.75, 3.05) is 16.9 Å². The van der Waals surface area contributed by atoms with E-state index < -0.39 is 0 Å². The lowest BCUT2D eigenvalue weighted by Crippen LogP contribution is -1.96. The third kappa shape index (κ3) is 3.91. The Balaban J connectivity index is 1.83. The van der Waals surface area contributed by atoms with Crippen molar-refractivity contribution in [3.05, 3.63) is 48.5 Å². The Labute approximate surface area is 111 Å². The first-order chi connectivity index (χ1) is 8.24. The standard InChI is InChI=1S/C13H14N2S2/c14-10-1-7-13(8-2-10)17-9-15-11-3-5-12(16)6-4-11/h1-8,15-16H,9,14H2. The van der Waals surface area contributed by atoms with Crippen LogP contribution in [0.3, 0.4) is 0 Å². The van der Waals surface area contributed by atoms with E-state index in [0.29, 0.717) is 0 Å². The van der Waals surface area contributed by atoms with Gasteiger partial charge in [0.15, 0.2) is 0 Å². The van der Waals surface area contributed by atoms with Gasteiger partial charge in [0.25, 0.3) is 0 Å². The lowest BCUT2D eigenvalue weighted by Gasteiger charge is -2.06. The van der Waals surface area contributed by atoms with E-state index in [0.717, 1.165) is 22.1 Å². The van der Waals surface area contributed by atoms with Gasteiger partial charge in [-0.1, -0.05) is 0 Å². The van der Waals surface area contributed by atoms with E-state index >= 15 is 0 Å². The summed E-state index contributed by atoms with van der Waals surface area (Å²) in [6.07, 6.45) is 0. The summed E-state index contributed by atoms with van der Waals surface area (Å²) in [6, 6.07) is 15.9. The maximum Gasteiger partial charge on any atom is 0.0657 e. The normalized spacial score (nSPS) is 10.2. The zero-order chi connectivity index (χ0) is 12.1. The van der Waals surface area contributed by atoms with E-state index in [2.05, 4.69) is 17.9 Å². The van der Waals surface area contributed by atoms with Gasteiger partial charge in [0.2, 0.25) is 0 Å². The van der Waals surface area contributed by atoms with Gasteiger partial charge < -0.3 is 11.1 Å². The molecule has 0 spiro atoms. The van der Waals surface area contributed by atoms with Crippen molar-refractivity contribution in [1.29, 1.82) is 0 Å². The third-order valence-corrected chi connectivity index (χ3v) is 3.45. The van der Waals surface area contributed by atoms with Crippen molar-refractivity contribution in [2.45, 2.75) is 9.79 Å². The fourth-order valence-electron chi connectivity index (χ4n) is 1.35. The zero-order valence-electron chi connectivity index (χ0n) is 9.26. The molecule has 0 fully saturated rings. The van der Waals surface area contributed by atoms with Crippen LogP contribution >= 0.6 is 24.4 Å². The Morgan fingerprint density at radius 1 is 1.00 bits per heavy atom. The molecular formula is C13H14N2S2. The van der Waals surface area contributed by atoms with Crippen LogP contribution < -0.4 is 11.1 Å². The van der Waals surface area contributed by atoms with Crippen LogP contribution in [0.25, 0.3) is 0 Å². The largest absolute Gasteiger partial charge is 0.399 e. The second-order valence-electron chi connectivity index (χ2n) is 3.58. The van der Waals surface area contributed by atoms with Crippen molar-refractivity contribution in [3.8, 4) is 0 Å². The van der Waals surface area contributed by atoms with Gasteiger partial charge in [-0.15, -0.1) is 24.4 Å². The quantitative estimate of drug-likeness (QED) is 0.340. The molecule has 2 rings (SSSR count). The molecule has 0 radical (unpaired) electrons. The van der Waals surface area contributed by atoms with Crippen LogP contribution in [0.2, 0.25) is 0 Å². The molecule has 0 aliphatic carbocycles. The number of anilines is 2. The minimum Gasteiger partial charge on any atom is -0.399 e. The third-order valence-electron chi connectivity index (χ3n) is 2.26. The Kier molecular flexibility index (Phi) is 4.23. The van der Waals surface area contributed by atoms with Crippen LogP contribution in [-0.2, 0) is 0 Å². The number of nitrogens with two attached hydrogens (primary N) is 1. The molecule has 0 saturated carbocycles. The van der Waals surface area contributed by atoms with Gasteiger partial charge in [-0.25, -0.2) is 0 Å². The minimum atomic E-state index is 0.798. The van der Waals surface area contributed by atoms with Crippen LogP contribution in [0.4, 0.5) is 11.4 Å². The van der Waals surface area contributed by atoms with E-state index in [1.54, 1.807) is 11.8 Å².